The average Bonchev–Trinajstić information content (AvgIpc) is 2.44. The van der Waals surface area contributed by atoms with Gasteiger partial charge in [-0.25, -0.2) is 18.1 Å². The zero-order valence-electron chi connectivity index (χ0n) is 6.91. The van der Waals surface area contributed by atoms with Gasteiger partial charge in [-0.3, -0.25) is 0 Å². The summed E-state index contributed by atoms with van der Waals surface area (Å²) in [6.45, 7) is 0. The minimum absolute atomic E-state index is 0.379. The summed E-state index contributed by atoms with van der Waals surface area (Å²) in [5.74, 6) is 5.40. The summed E-state index contributed by atoms with van der Waals surface area (Å²) < 4.78 is 32.9. The third kappa shape index (κ3) is 1.22. The normalized spacial score (nSPS) is 12.1. The Morgan fingerprint density at radius 2 is 2.00 bits per heavy atom. The SMILES string of the molecule is Nn1c(S(=O)(=O)[O-])nc2ccccc21. The van der Waals surface area contributed by atoms with Crippen LogP contribution in [0.4, 0.5) is 0 Å². The molecule has 1 heterocycles. The second kappa shape index (κ2) is 2.69. The van der Waals surface area contributed by atoms with Gasteiger partial charge in [-0.2, -0.15) is 0 Å². The van der Waals surface area contributed by atoms with Crippen LogP contribution in [0.25, 0.3) is 11.0 Å². The van der Waals surface area contributed by atoms with Gasteiger partial charge >= 0.3 is 0 Å². The van der Waals surface area contributed by atoms with E-state index in [0.717, 1.165) is 4.68 Å². The Morgan fingerprint density at radius 1 is 1.36 bits per heavy atom. The van der Waals surface area contributed by atoms with Crippen molar-refractivity contribution in [1.82, 2.24) is 9.66 Å². The van der Waals surface area contributed by atoms with Crippen LogP contribution in [-0.4, -0.2) is 22.6 Å². The van der Waals surface area contributed by atoms with Crippen molar-refractivity contribution in [3.63, 3.8) is 0 Å². The first-order chi connectivity index (χ1) is 6.50. The quantitative estimate of drug-likeness (QED) is 0.514. The van der Waals surface area contributed by atoms with E-state index in [4.69, 9.17) is 5.84 Å². The first kappa shape index (κ1) is 8.97. The van der Waals surface area contributed by atoms with Crippen LogP contribution in [0.2, 0.25) is 0 Å². The van der Waals surface area contributed by atoms with Gasteiger partial charge in [0, 0.05) is 0 Å². The number of para-hydroxylation sites is 2. The molecule has 0 spiro atoms. The zero-order valence-corrected chi connectivity index (χ0v) is 7.73. The molecule has 2 N–H and O–H groups in total. The summed E-state index contributed by atoms with van der Waals surface area (Å²) in [6.07, 6.45) is 0. The molecule has 0 radical (unpaired) electrons. The lowest BCUT2D eigenvalue weighted by Gasteiger charge is -2.05. The van der Waals surface area contributed by atoms with Crippen molar-refractivity contribution in [2.45, 2.75) is 5.16 Å². The first-order valence-electron chi connectivity index (χ1n) is 3.68. The van der Waals surface area contributed by atoms with Crippen LogP contribution in [0.3, 0.4) is 0 Å². The molecule has 0 fully saturated rings. The molecule has 0 saturated carbocycles. The van der Waals surface area contributed by atoms with E-state index in [1.54, 1.807) is 24.3 Å². The maximum Gasteiger partial charge on any atom is 0.234 e. The van der Waals surface area contributed by atoms with E-state index in [2.05, 4.69) is 4.98 Å². The summed E-state index contributed by atoms with van der Waals surface area (Å²) >= 11 is 0. The molecular formula is C7H6N3O3S-. The van der Waals surface area contributed by atoms with Crippen molar-refractivity contribution in [3.05, 3.63) is 24.3 Å². The first-order valence-corrected chi connectivity index (χ1v) is 5.09. The van der Waals surface area contributed by atoms with Crippen LogP contribution < -0.4 is 5.84 Å². The summed E-state index contributed by atoms with van der Waals surface area (Å²) in [5.41, 5.74) is 0.784. The molecule has 6 nitrogen and oxygen atoms in total. The Labute approximate surface area is 79.7 Å². The Morgan fingerprint density at radius 3 is 2.57 bits per heavy atom. The number of nitrogens with zero attached hydrogens (tertiary/aromatic N) is 2. The predicted octanol–water partition coefficient (Wildman–Crippen LogP) is -0.346. The number of aromatic nitrogens is 2. The Balaban J connectivity index is 2.89. The van der Waals surface area contributed by atoms with Crippen LogP contribution in [0, 0.1) is 0 Å². The van der Waals surface area contributed by atoms with Crippen molar-refractivity contribution in [3.8, 4) is 0 Å². The molecule has 0 aliphatic carbocycles. The van der Waals surface area contributed by atoms with Gasteiger partial charge in [-0.1, -0.05) is 12.1 Å². The lowest BCUT2D eigenvalue weighted by Crippen LogP contribution is -2.16. The van der Waals surface area contributed by atoms with Gasteiger partial charge in [0.1, 0.15) is 0 Å². The van der Waals surface area contributed by atoms with Gasteiger partial charge in [0.25, 0.3) is 0 Å². The fourth-order valence-corrected chi connectivity index (χ4v) is 1.75. The summed E-state index contributed by atoms with van der Waals surface area (Å²) in [4.78, 5) is 3.62. The van der Waals surface area contributed by atoms with Crippen LogP contribution in [0.1, 0.15) is 0 Å². The smallest absolute Gasteiger partial charge is 0.234 e. The largest absolute Gasteiger partial charge is 0.742 e. The highest BCUT2D eigenvalue weighted by molar-refractivity contribution is 7.85. The van der Waals surface area contributed by atoms with E-state index in [1.807, 2.05) is 0 Å². The third-order valence-corrected chi connectivity index (χ3v) is 2.52. The maximum atomic E-state index is 10.7. The molecule has 1 aromatic carbocycles. The average molecular weight is 212 g/mol. The van der Waals surface area contributed by atoms with Crippen LogP contribution in [-0.2, 0) is 10.1 Å². The zero-order chi connectivity index (χ0) is 10.3. The Kier molecular flexibility index (Phi) is 1.73. The summed E-state index contributed by atoms with van der Waals surface area (Å²) in [6, 6.07) is 6.51. The number of hydrogen-bond donors (Lipinski definition) is 1. The van der Waals surface area contributed by atoms with Gasteiger partial charge in [0.2, 0.25) is 5.16 Å². The predicted molar refractivity (Wildman–Crippen MR) is 47.8 cm³/mol. The molecule has 14 heavy (non-hydrogen) atoms. The van der Waals surface area contributed by atoms with E-state index < -0.39 is 15.3 Å². The number of benzene rings is 1. The number of nitrogen functional groups attached to an aromatic ring is 1. The van der Waals surface area contributed by atoms with E-state index in [9.17, 15) is 13.0 Å². The minimum atomic E-state index is -4.62. The highest BCUT2D eigenvalue weighted by Gasteiger charge is 2.12. The van der Waals surface area contributed by atoms with Crippen molar-refractivity contribution in [2.75, 3.05) is 5.84 Å². The summed E-state index contributed by atoms with van der Waals surface area (Å²) in [5, 5.41) is -0.668. The number of imidazole rings is 1. The summed E-state index contributed by atoms with van der Waals surface area (Å²) in [7, 11) is -4.62. The van der Waals surface area contributed by atoms with Crippen LogP contribution in [0.5, 0.6) is 0 Å². The van der Waals surface area contributed by atoms with Crippen LogP contribution >= 0.6 is 0 Å². The topological polar surface area (TPSA) is 101 Å². The highest BCUT2D eigenvalue weighted by atomic mass is 32.2. The standard InChI is InChI=1S/C7H7N3O3S/c8-10-6-4-2-1-3-5(6)9-7(10)14(11,12)13/h1-4H,8H2,(H,11,12,13)/p-1. The monoisotopic (exact) mass is 212 g/mol. The maximum absolute atomic E-state index is 10.7. The van der Waals surface area contributed by atoms with Crippen molar-refractivity contribution >= 4 is 21.2 Å². The minimum Gasteiger partial charge on any atom is -0.742 e. The number of rotatable bonds is 1. The van der Waals surface area contributed by atoms with Gasteiger partial charge in [-0.15, -0.1) is 0 Å². The molecule has 0 saturated heterocycles. The molecule has 0 aliphatic heterocycles. The van der Waals surface area contributed by atoms with E-state index >= 15 is 0 Å². The van der Waals surface area contributed by atoms with Gasteiger partial charge in [-0.05, 0) is 12.1 Å². The molecule has 74 valence electrons. The third-order valence-electron chi connectivity index (χ3n) is 1.79. The number of fused-ring (bicyclic) bond motifs is 1. The molecule has 0 unspecified atom stereocenters. The van der Waals surface area contributed by atoms with E-state index in [1.165, 1.54) is 0 Å². The fourth-order valence-electron chi connectivity index (χ4n) is 1.20. The second-order valence-corrected chi connectivity index (χ2v) is 3.98. The van der Waals surface area contributed by atoms with Gasteiger partial charge in [0.05, 0.1) is 11.0 Å². The molecule has 0 aliphatic rings. The molecule has 2 aromatic rings. The fraction of sp³-hybridized carbons (Fsp3) is 0. The Bertz CT molecular complexity index is 587. The van der Waals surface area contributed by atoms with Gasteiger partial charge in [0.15, 0.2) is 10.1 Å². The molecule has 0 atom stereocenters. The van der Waals surface area contributed by atoms with Gasteiger partial charge < -0.3 is 10.4 Å². The molecule has 0 bridgehead atoms. The molecular weight excluding hydrogens is 206 g/mol. The molecule has 2 rings (SSSR count). The second-order valence-electron chi connectivity index (χ2n) is 2.71. The van der Waals surface area contributed by atoms with Crippen molar-refractivity contribution in [2.24, 2.45) is 0 Å². The number of nitrogens with two attached hydrogens (primary N) is 1. The highest BCUT2D eigenvalue weighted by Crippen LogP contribution is 2.15. The van der Waals surface area contributed by atoms with Crippen molar-refractivity contribution < 1.29 is 13.0 Å². The lowest BCUT2D eigenvalue weighted by molar-refractivity contribution is 0.452. The van der Waals surface area contributed by atoms with E-state index in [-0.39, 0.29) is 0 Å². The molecule has 0 amide bonds. The van der Waals surface area contributed by atoms with Crippen LogP contribution in [0.15, 0.2) is 29.4 Å². The van der Waals surface area contributed by atoms with E-state index in [0.29, 0.717) is 11.0 Å². The Hall–Kier alpha value is -1.60. The number of hydrogen-bond acceptors (Lipinski definition) is 5. The molecule has 1 aromatic heterocycles. The lowest BCUT2D eigenvalue weighted by atomic mass is 10.3. The molecule has 7 heteroatoms. The van der Waals surface area contributed by atoms with Crippen molar-refractivity contribution in [1.29, 1.82) is 0 Å².